The fourth-order valence-corrected chi connectivity index (χ4v) is 5.45. The fourth-order valence-electron chi connectivity index (χ4n) is 5.25. The van der Waals surface area contributed by atoms with Crippen molar-refractivity contribution in [3.8, 4) is 23.0 Å². The molecule has 42 heavy (non-hydrogen) atoms. The van der Waals surface area contributed by atoms with Gasteiger partial charge in [-0.15, -0.1) is 0 Å². The largest absolute Gasteiger partial charge is 0.495 e. The summed E-state index contributed by atoms with van der Waals surface area (Å²) < 4.78 is 33.9. The topological polar surface area (TPSA) is 96.0 Å². The fraction of sp³-hybridized carbons (Fsp3) is 0.548. The van der Waals surface area contributed by atoms with Crippen molar-refractivity contribution >= 4 is 23.5 Å². The maximum absolute atomic E-state index is 13.1. The van der Waals surface area contributed by atoms with Gasteiger partial charge < -0.3 is 38.2 Å². The Bertz CT molecular complexity index is 1210. The average Bonchev–Trinajstić information content (AvgIpc) is 3.24. The zero-order chi connectivity index (χ0) is 29.9. The third-order valence-electron chi connectivity index (χ3n) is 7.57. The van der Waals surface area contributed by atoms with E-state index in [9.17, 15) is 9.59 Å². The molecule has 2 aromatic rings. The number of rotatable bonds is 5. The van der Waals surface area contributed by atoms with E-state index in [1.807, 2.05) is 0 Å². The van der Waals surface area contributed by atoms with E-state index in [4.69, 9.17) is 40.0 Å². The number of ether oxygens (including phenoxy) is 6. The molecular weight excluding hydrogens is 564 g/mol. The molecule has 11 heteroatoms. The molecule has 0 spiro atoms. The number of esters is 2. The maximum Gasteiger partial charge on any atom is 0.338 e. The van der Waals surface area contributed by atoms with Crippen LogP contribution in [-0.4, -0.2) is 102 Å². The molecule has 0 radical (unpaired) electrons. The second-order valence-corrected chi connectivity index (χ2v) is 10.8. The normalized spacial score (nSPS) is 22.3. The molecule has 0 aromatic heterocycles. The molecule has 10 nitrogen and oxygen atoms in total. The minimum Gasteiger partial charge on any atom is -0.495 e. The van der Waals surface area contributed by atoms with Crippen molar-refractivity contribution in [2.45, 2.75) is 38.2 Å². The van der Waals surface area contributed by atoms with Crippen molar-refractivity contribution in [2.75, 3.05) is 73.8 Å². The highest BCUT2D eigenvalue weighted by molar-refractivity contribution is 6.32. The number of methoxy groups -OCH3 is 3. The smallest absolute Gasteiger partial charge is 0.338 e. The highest BCUT2D eigenvalue weighted by atomic mass is 35.5. The molecule has 4 rings (SSSR count). The number of fused-ring (bicyclic) bond motifs is 5. The van der Waals surface area contributed by atoms with Crippen molar-refractivity contribution in [2.24, 2.45) is 0 Å². The zero-order valence-corrected chi connectivity index (χ0v) is 25.5. The third-order valence-corrected chi connectivity index (χ3v) is 7.88. The quantitative estimate of drug-likeness (QED) is 0.447. The molecule has 0 aliphatic carbocycles. The Morgan fingerprint density at radius 1 is 0.810 bits per heavy atom. The lowest BCUT2D eigenvalue weighted by molar-refractivity contribution is 0.0221. The van der Waals surface area contributed by atoms with Crippen molar-refractivity contribution < 1.29 is 38.0 Å². The molecule has 0 N–H and O–H groups in total. The number of benzene rings is 2. The van der Waals surface area contributed by atoms with Crippen molar-refractivity contribution in [1.29, 1.82) is 0 Å². The monoisotopic (exact) mass is 604 g/mol. The molecule has 1 fully saturated rings. The van der Waals surface area contributed by atoms with E-state index < -0.39 is 11.9 Å². The average molecular weight is 605 g/mol. The van der Waals surface area contributed by atoms with Crippen LogP contribution in [-0.2, 0) is 9.47 Å². The predicted molar refractivity (Wildman–Crippen MR) is 158 cm³/mol. The maximum atomic E-state index is 13.1. The van der Waals surface area contributed by atoms with E-state index in [-0.39, 0.29) is 6.10 Å². The molecule has 230 valence electrons. The van der Waals surface area contributed by atoms with Gasteiger partial charge in [0.2, 0.25) is 5.75 Å². The summed E-state index contributed by atoms with van der Waals surface area (Å²) >= 11 is 6.15. The van der Waals surface area contributed by atoms with E-state index in [2.05, 4.69) is 9.80 Å². The standard InChI is InChI=1S/C31H41ClN2O8/c1-37-26-19-22(8-9-25(26)32)31(36)42-24-7-4-17-40-28-21-23(20-27(38-2)29(28)39-3)30(35)41-18-6-13-33-11-5-12-34(14-10-24)16-15-33/h8-9,19-21,24H,4-7,10-18H2,1-3H3. The van der Waals surface area contributed by atoms with Crippen LogP contribution in [0.3, 0.4) is 0 Å². The third kappa shape index (κ3) is 8.65. The first-order chi connectivity index (χ1) is 20.4. The summed E-state index contributed by atoms with van der Waals surface area (Å²) in [7, 11) is 4.54. The molecule has 0 amide bonds. The number of nitrogens with zero attached hydrogens (tertiary/aromatic N) is 2. The number of cyclic esters (lactones) is 1. The number of halogens is 1. The molecule has 2 aliphatic rings. The molecule has 4 bridgehead atoms. The van der Waals surface area contributed by atoms with Crippen LogP contribution in [0.1, 0.15) is 52.8 Å². The summed E-state index contributed by atoms with van der Waals surface area (Å²) in [5, 5.41) is 0.428. The highest BCUT2D eigenvalue weighted by Gasteiger charge is 2.22. The van der Waals surface area contributed by atoms with Gasteiger partial charge in [-0.25, -0.2) is 9.59 Å². The van der Waals surface area contributed by atoms with E-state index in [0.29, 0.717) is 71.6 Å². The van der Waals surface area contributed by atoms with E-state index >= 15 is 0 Å². The molecule has 3 unspecified atom stereocenters. The summed E-state index contributed by atoms with van der Waals surface area (Å²) in [6.07, 6.45) is 3.38. The Morgan fingerprint density at radius 2 is 1.52 bits per heavy atom. The van der Waals surface area contributed by atoms with Crippen LogP contribution >= 0.6 is 11.6 Å². The van der Waals surface area contributed by atoms with Crippen LogP contribution in [0.25, 0.3) is 0 Å². The molecule has 2 heterocycles. The number of carbonyl (C=O) groups is 2. The Kier molecular flexibility index (Phi) is 12.0. The van der Waals surface area contributed by atoms with Crippen LogP contribution in [0, 0.1) is 0 Å². The first-order valence-electron chi connectivity index (χ1n) is 14.5. The van der Waals surface area contributed by atoms with Crippen LogP contribution in [0.2, 0.25) is 5.02 Å². The summed E-state index contributed by atoms with van der Waals surface area (Å²) in [6, 6.07) is 8.08. The van der Waals surface area contributed by atoms with Crippen LogP contribution in [0.4, 0.5) is 0 Å². The van der Waals surface area contributed by atoms with Gasteiger partial charge in [-0.1, -0.05) is 11.6 Å². The minimum absolute atomic E-state index is 0.318. The SMILES string of the molecule is COc1cc(C(=O)OC2CCCOc3cc(cc(OC)c3OC)C(=O)OCCCN3CCCN(CC2)CC3)ccc1Cl. The molecule has 2 aliphatic heterocycles. The summed E-state index contributed by atoms with van der Waals surface area (Å²) in [5.74, 6) is 0.722. The number of carbonyl (C=O) groups excluding carboxylic acids is 2. The van der Waals surface area contributed by atoms with E-state index in [1.54, 1.807) is 30.3 Å². The second-order valence-electron chi connectivity index (χ2n) is 10.4. The molecule has 1 saturated heterocycles. The van der Waals surface area contributed by atoms with E-state index in [0.717, 1.165) is 52.1 Å². The van der Waals surface area contributed by atoms with Crippen molar-refractivity contribution in [1.82, 2.24) is 9.80 Å². The van der Waals surface area contributed by atoms with Crippen LogP contribution in [0.5, 0.6) is 23.0 Å². The van der Waals surface area contributed by atoms with E-state index in [1.165, 1.54) is 21.3 Å². The van der Waals surface area contributed by atoms with Gasteiger partial charge in [0, 0.05) is 26.2 Å². The Balaban J connectivity index is 1.52. The van der Waals surface area contributed by atoms with Gasteiger partial charge in [0.1, 0.15) is 11.9 Å². The van der Waals surface area contributed by atoms with Gasteiger partial charge >= 0.3 is 11.9 Å². The molecular formula is C31H41ClN2O8. The van der Waals surface area contributed by atoms with Crippen molar-refractivity contribution in [3.05, 3.63) is 46.5 Å². The first kappa shape index (κ1) is 31.7. The Morgan fingerprint density at radius 3 is 2.26 bits per heavy atom. The summed E-state index contributed by atoms with van der Waals surface area (Å²) in [6.45, 7) is 6.18. The van der Waals surface area contributed by atoms with Gasteiger partial charge in [-0.2, -0.15) is 0 Å². The van der Waals surface area contributed by atoms with Gasteiger partial charge in [0.25, 0.3) is 0 Å². The zero-order valence-electron chi connectivity index (χ0n) is 24.7. The van der Waals surface area contributed by atoms with Gasteiger partial charge in [0.15, 0.2) is 11.5 Å². The lowest BCUT2D eigenvalue weighted by Crippen LogP contribution is -2.34. The summed E-state index contributed by atoms with van der Waals surface area (Å²) in [5.41, 5.74) is 0.713. The van der Waals surface area contributed by atoms with Gasteiger partial charge in [0.05, 0.1) is 50.7 Å². The summed E-state index contributed by atoms with van der Waals surface area (Å²) in [4.78, 5) is 30.8. The predicted octanol–water partition coefficient (Wildman–Crippen LogP) is 4.71. The van der Waals surface area contributed by atoms with Crippen LogP contribution < -0.4 is 18.9 Å². The Labute approximate surface area is 252 Å². The first-order valence-corrected chi connectivity index (χ1v) is 14.8. The molecule has 2 aromatic carbocycles. The second kappa shape index (κ2) is 15.9. The van der Waals surface area contributed by atoms with Gasteiger partial charge in [-0.3, -0.25) is 0 Å². The highest BCUT2D eigenvalue weighted by Crippen LogP contribution is 2.39. The Hall–Kier alpha value is -3.21. The number of hydrogen-bond acceptors (Lipinski definition) is 10. The minimum atomic E-state index is -0.438. The lowest BCUT2D eigenvalue weighted by atomic mass is 10.1. The van der Waals surface area contributed by atoms with Gasteiger partial charge in [-0.05, 0) is 75.5 Å². The lowest BCUT2D eigenvalue weighted by Gasteiger charge is -2.24. The number of hydrogen-bond donors (Lipinski definition) is 0. The van der Waals surface area contributed by atoms with Crippen molar-refractivity contribution in [3.63, 3.8) is 0 Å². The molecule has 0 saturated carbocycles. The van der Waals surface area contributed by atoms with Crippen LogP contribution in [0.15, 0.2) is 30.3 Å². The molecule has 3 atom stereocenters.